The molecule has 2 amide bonds. The zero-order chi connectivity index (χ0) is 30.0. The molecule has 1 aromatic heterocycles. The zero-order valence-corrected chi connectivity index (χ0v) is 23.7. The summed E-state index contributed by atoms with van der Waals surface area (Å²) in [6, 6.07) is 14.5. The number of aromatic nitrogens is 1. The topological polar surface area (TPSA) is 176 Å². The fourth-order valence-corrected chi connectivity index (χ4v) is 4.36. The standard InChI is InChI=1S/C28H33N5O7S/c1-18-6-4-5-7-22(18)32-28(37)33-24-10-8-19(13-26(24)40-2)12-21(34)16-29-20-9-11-23(30-15-20)25(14-27(35)36)31-17-41(3,38)39/h4-11,13,15,25,29,31H,12,14,16-17H2,1-3H3,(H,35,36)(H2,32,33,37). The number of urea groups is 1. The summed E-state index contributed by atoms with van der Waals surface area (Å²) >= 11 is 0. The number of methoxy groups -OCH3 is 1. The molecule has 3 aromatic rings. The van der Waals surface area contributed by atoms with Crippen molar-refractivity contribution in [3.63, 3.8) is 0 Å². The summed E-state index contributed by atoms with van der Waals surface area (Å²) in [6.07, 6.45) is 2.26. The molecule has 0 bridgehead atoms. The van der Waals surface area contributed by atoms with Gasteiger partial charge in [0.15, 0.2) is 15.6 Å². The Labute approximate surface area is 238 Å². The van der Waals surface area contributed by atoms with Crippen molar-refractivity contribution in [1.29, 1.82) is 0 Å². The molecule has 0 aliphatic rings. The molecule has 1 atom stereocenters. The monoisotopic (exact) mass is 583 g/mol. The molecule has 2 aromatic carbocycles. The number of sulfone groups is 1. The first kappa shape index (κ1) is 31.0. The number of aliphatic carboxylic acids is 1. The minimum Gasteiger partial charge on any atom is -0.495 e. The van der Waals surface area contributed by atoms with Crippen LogP contribution in [-0.2, 0) is 25.8 Å². The lowest BCUT2D eigenvalue weighted by molar-refractivity contribution is -0.137. The fourth-order valence-electron chi connectivity index (χ4n) is 3.85. The van der Waals surface area contributed by atoms with Gasteiger partial charge in [-0.15, -0.1) is 0 Å². The van der Waals surface area contributed by atoms with Gasteiger partial charge in [-0.2, -0.15) is 0 Å². The summed E-state index contributed by atoms with van der Waals surface area (Å²) in [5.41, 5.74) is 3.66. The number of carboxylic acids is 1. The lowest BCUT2D eigenvalue weighted by atomic mass is 10.1. The number of rotatable bonds is 14. The minimum atomic E-state index is -3.35. The molecule has 0 spiro atoms. The summed E-state index contributed by atoms with van der Waals surface area (Å²) < 4.78 is 28.3. The Balaban J connectivity index is 1.55. The molecule has 1 unspecified atom stereocenters. The third kappa shape index (κ3) is 10.2. The van der Waals surface area contributed by atoms with Crippen molar-refractivity contribution in [3.8, 4) is 5.75 Å². The molecule has 0 fully saturated rings. The van der Waals surface area contributed by atoms with Gasteiger partial charge < -0.3 is 25.8 Å². The number of hydrogen-bond donors (Lipinski definition) is 5. The Morgan fingerprint density at radius 3 is 2.39 bits per heavy atom. The number of para-hydroxylation sites is 1. The maximum atomic E-state index is 12.6. The highest BCUT2D eigenvalue weighted by atomic mass is 32.2. The molecule has 41 heavy (non-hydrogen) atoms. The fraction of sp³-hybridized carbons (Fsp3) is 0.286. The normalized spacial score (nSPS) is 11.8. The Hall–Kier alpha value is -4.49. The Bertz CT molecular complexity index is 1490. The average molecular weight is 584 g/mol. The van der Waals surface area contributed by atoms with E-state index < -0.39 is 27.9 Å². The van der Waals surface area contributed by atoms with Crippen LogP contribution in [-0.4, -0.2) is 62.1 Å². The van der Waals surface area contributed by atoms with E-state index in [2.05, 4.69) is 26.3 Å². The molecule has 218 valence electrons. The van der Waals surface area contributed by atoms with Gasteiger partial charge in [0.1, 0.15) is 5.75 Å². The Kier molecular flexibility index (Phi) is 10.8. The van der Waals surface area contributed by atoms with E-state index in [0.29, 0.717) is 34.1 Å². The number of ketones is 1. The van der Waals surface area contributed by atoms with Gasteiger partial charge in [-0.25, -0.2) is 13.2 Å². The molecule has 0 aliphatic carbocycles. The van der Waals surface area contributed by atoms with Crippen molar-refractivity contribution in [3.05, 3.63) is 77.6 Å². The van der Waals surface area contributed by atoms with E-state index in [1.165, 1.54) is 13.3 Å². The van der Waals surface area contributed by atoms with Crippen molar-refractivity contribution in [2.45, 2.75) is 25.8 Å². The third-order valence-electron chi connectivity index (χ3n) is 5.91. The molecule has 3 rings (SSSR count). The SMILES string of the molecule is COc1cc(CC(=O)CNc2ccc(C(CC(=O)O)NCS(C)(=O)=O)nc2)ccc1NC(=O)Nc1ccccc1C. The van der Waals surface area contributed by atoms with Gasteiger partial charge in [-0.1, -0.05) is 24.3 Å². The van der Waals surface area contributed by atoms with Crippen molar-refractivity contribution in [1.82, 2.24) is 10.3 Å². The largest absolute Gasteiger partial charge is 0.495 e. The van der Waals surface area contributed by atoms with E-state index in [-0.39, 0.29) is 31.0 Å². The van der Waals surface area contributed by atoms with Crippen LogP contribution in [0.4, 0.5) is 21.9 Å². The number of pyridine rings is 1. The van der Waals surface area contributed by atoms with E-state index in [4.69, 9.17) is 9.84 Å². The van der Waals surface area contributed by atoms with Crippen LogP contribution >= 0.6 is 0 Å². The first-order valence-corrected chi connectivity index (χ1v) is 14.6. The van der Waals surface area contributed by atoms with Gasteiger partial charge in [0.05, 0.1) is 55.3 Å². The number of carbonyl (C=O) groups excluding carboxylic acids is 2. The number of nitrogens with one attached hydrogen (secondary N) is 4. The number of anilines is 3. The van der Waals surface area contributed by atoms with Crippen molar-refractivity contribution < 1.29 is 32.6 Å². The van der Waals surface area contributed by atoms with Gasteiger partial charge in [0.25, 0.3) is 0 Å². The second-order valence-electron chi connectivity index (χ2n) is 9.39. The Morgan fingerprint density at radius 1 is 1.02 bits per heavy atom. The third-order valence-corrected chi connectivity index (χ3v) is 6.60. The summed E-state index contributed by atoms with van der Waals surface area (Å²) in [6.45, 7) is 1.90. The maximum Gasteiger partial charge on any atom is 0.323 e. The number of hydrogen-bond acceptors (Lipinski definition) is 9. The van der Waals surface area contributed by atoms with Crippen LogP contribution in [0.25, 0.3) is 0 Å². The van der Waals surface area contributed by atoms with Gasteiger partial charge in [0, 0.05) is 18.4 Å². The van der Waals surface area contributed by atoms with Crippen molar-refractivity contribution in [2.75, 3.05) is 41.7 Å². The number of ether oxygens (including phenoxy) is 1. The number of benzene rings is 2. The number of carboxylic acid groups (broad SMARTS) is 1. The van der Waals surface area contributed by atoms with Crippen LogP contribution in [0.5, 0.6) is 5.75 Å². The number of Topliss-reactive ketones (excluding diaryl/α,β-unsaturated/α-hetero) is 1. The van der Waals surface area contributed by atoms with Crippen LogP contribution in [0.3, 0.4) is 0 Å². The van der Waals surface area contributed by atoms with E-state index in [9.17, 15) is 22.8 Å². The Morgan fingerprint density at radius 2 is 1.76 bits per heavy atom. The summed E-state index contributed by atoms with van der Waals surface area (Å²) in [5.74, 6) is -1.20. The minimum absolute atomic E-state index is 0.00700. The number of carbonyl (C=O) groups is 3. The summed E-state index contributed by atoms with van der Waals surface area (Å²) in [5, 5.41) is 20.4. The summed E-state index contributed by atoms with van der Waals surface area (Å²) in [4.78, 5) is 40.5. The predicted molar refractivity (Wildman–Crippen MR) is 156 cm³/mol. The first-order chi connectivity index (χ1) is 19.4. The smallest absolute Gasteiger partial charge is 0.323 e. The first-order valence-electron chi connectivity index (χ1n) is 12.6. The van der Waals surface area contributed by atoms with E-state index in [1.54, 1.807) is 36.4 Å². The molecular formula is C28H33N5O7S. The maximum absolute atomic E-state index is 12.6. The van der Waals surface area contributed by atoms with E-state index in [1.807, 2.05) is 25.1 Å². The van der Waals surface area contributed by atoms with Crippen molar-refractivity contribution in [2.24, 2.45) is 0 Å². The zero-order valence-electron chi connectivity index (χ0n) is 22.9. The highest BCUT2D eigenvalue weighted by Crippen LogP contribution is 2.26. The van der Waals surface area contributed by atoms with Crippen LogP contribution in [0.15, 0.2) is 60.8 Å². The lowest BCUT2D eigenvalue weighted by Crippen LogP contribution is -2.29. The average Bonchev–Trinajstić information content (AvgIpc) is 2.91. The van der Waals surface area contributed by atoms with Gasteiger partial charge in [-0.3, -0.25) is 19.9 Å². The second kappa shape index (κ2) is 14.2. The van der Waals surface area contributed by atoms with Crippen LogP contribution in [0.1, 0.15) is 29.3 Å². The lowest BCUT2D eigenvalue weighted by Gasteiger charge is -2.16. The quantitative estimate of drug-likeness (QED) is 0.189. The van der Waals surface area contributed by atoms with E-state index in [0.717, 1.165) is 11.8 Å². The van der Waals surface area contributed by atoms with Gasteiger partial charge in [-0.05, 0) is 48.4 Å². The van der Waals surface area contributed by atoms with Crippen molar-refractivity contribution >= 4 is 44.7 Å². The van der Waals surface area contributed by atoms with Crippen LogP contribution < -0.4 is 26.0 Å². The number of nitrogens with zero attached hydrogens (tertiary/aromatic N) is 1. The molecule has 0 aliphatic heterocycles. The second-order valence-corrected chi connectivity index (χ2v) is 11.5. The highest BCUT2D eigenvalue weighted by molar-refractivity contribution is 7.90. The van der Waals surface area contributed by atoms with E-state index >= 15 is 0 Å². The molecule has 1 heterocycles. The molecule has 12 nitrogen and oxygen atoms in total. The molecule has 5 N–H and O–H groups in total. The van der Waals surface area contributed by atoms with Gasteiger partial charge >= 0.3 is 12.0 Å². The predicted octanol–water partition coefficient (Wildman–Crippen LogP) is 3.37. The highest BCUT2D eigenvalue weighted by Gasteiger charge is 2.18. The molecule has 13 heteroatoms. The van der Waals surface area contributed by atoms with Crippen LogP contribution in [0, 0.1) is 6.92 Å². The number of amides is 2. The molecular weight excluding hydrogens is 550 g/mol. The van der Waals surface area contributed by atoms with Crippen LogP contribution in [0.2, 0.25) is 0 Å². The molecule has 0 radical (unpaired) electrons. The number of aryl methyl sites for hydroxylation is 1. The van der Waals surface area contributed by atoms with Gasteiger partial charge in [0.2, 0.25) is 0 Å². The molecule has 0 saturated carbocycles. The summed E-state index contributed by atoms with van der Waals surface area (Å²) in [7, 11) is -1.88. The molecule has 0 saturated heterocycles.